The molecule has 1 amide bonds. The highest BCUT2D eigenvalue weighted by atomic mass is 32.2. The molecule has 0 aliphatic rings. The van der Waals surface area contributed by atoms with Gasteiger partial charge >= 0.3 is 0 Å². The van der Waals surface area contributed by atoms with Crippen LogP contribution in [-0.4, -0.2) is 38.0 Å². The van der Waals surface area contributed by atoms with E-state index in [1.54, 1.807) is 18.7 Å². The molecule has 3 aromatic rings. The fourth-order valence-electron chi connectivity index (χ4n) is 2.30. The molecular weight excluding hydrogens is 350 g/mol. The third kappa shape index (κ3) is 4.72. The Balaban J connectivity index is 1.78. The van der Waals surface area contributed by atoms with Crippen molar-refractivity contribution in [2.45, 2.75) is 25.5 Å². The van der Waals surface area contributed by atoms with E-state index in [1.165, 1.54) is 11.8 Å². The van der Waals surface area contributed by atoms with Crippen LogP contribution >= 0.6 is 11.8 Å². The van der Waals surface area contributed by atoms with Crippen LogP contribution in [0, 0.1) is 5.92 Å². The number of carbonyl (C=O) groups is 1. The quantitative estimate of drug-likeness (QED) is 0.613. The Morgan fingerprint density at radius 2 is 2.19 bits per heavy atom. The van der Waals surface area contributed by atoms with Gasteiger partial charge in [0.1, 0.15) is 5.76 Å². The number of nitrogens with zero attached hydrogens (tertiary/aromatic N) is 4. The van der Waals surface area contributed by atoms with Gasteiger partial charge in [0.05, 0.1) is 18.6 Å². The number of thioether (sulfide) groups is 1. The lowest BCUT2D eigenvalue weighted by Gasteiger charge is -2.09. The van der Waals surface area contributed by atoms with Crippen LogP contribution < -0.4 is 5.32 Å². The Morgan fingerprint density at radius 1 is 1.31 bits per heavy atom. The number of amides is 1. The smallest absolute Gasteiger partial charge is 0.230 e. The second kappa shape index (κ2) is 8.66. The Hall–Kier alpha value is -2.61. The van der Waals surface area contributed by atoms with E-state index in [4.69, 9.17) is 4.42 Å². The molecular formula is C18H21N5O2S. The molecule has 0 aliphatic carbocycles. The summed E-state index contributed by atoms with van der Waals surface area (Å²) < 4.78 is 7.40. The van der Waals surface area contributed by atoms with Gasteiger partial charge in [-0.3, -0.25) is 14.3 Å². The summed E-state index contributed by atoms with van der Waals surface area (Å²) in [6.07, 6.45) is 5.09. The zero-order chi connectivity index (χ0) is 18.4. The summed E-state index contributed by atoms with van der Waals surface area (Å²) in [7, 11) is 0. The molecule has 3 rings (SSSR count). The first-order chi connectivity index (χ1) is 12.6. The second-order valence-electron chi connectivity index (χ2n) is 6.20. The minimum absolute atomic E-state index is 0.0147. The predicted molar refractivity (Wildman–Crippen MR) is 99.6 cm³/mol. The minimum Gasteiger partial charge on any atom is -0.467 e. The number of pyridine rings is 1. The van der Waals surface area contributed by atoms with Gasteiger partial charge in [0.2, 0.25) is 5.91 Å². The monoisotopic (exact) mass is 371 g/mol. The standard InChI is InChI=1S/C18H21N5O2S/c1-13(2)9-20-16(24)12-26-18-22-21-17(14-5-3-7-19-10-14)23(18)11-15-6-4-8-25-15/h3-8,10,13H,9,11-12H2,1-2H3,(H,20,24). The van der Waals surface area contributed by atoms with Crippen LogP contribution in [0.1, 0.15) is 19.6 Å². The summed E-state index contributed by atoms with van der Waals surface area (Å²) >= 11 is 1.36. The average molecular weight is 371 g/mol. The molecule has 0 atom stereocenters. The lowest BCUT2D eigenvalue weighted by molar-refractivity contribution is -0.118. The average Bonchev–Trinajstić information content (AvgIpc) is 3.29. The summed E-state index contributed by atoms with van der Waals surface area (Å²) in [6.45, 7) is 5.28. The predicted octanol–water partition coefficient (Wildman–Crippen LogP) is 2.85. The van der Waals surface area contributed by atoms with Crippen molar-refractivity contribution in [1.82, 2.24) is 25.1 Å². The molecule has 0 fully saturated rings. The number of hydrogen-bond acceptors (Lipinski definition) is 6. The summed E-state index contributed by atoms with van der Waals surface area (Å²) in [4.78, 5) is 16.2. The van der Waals surface area contributed by atoms with Gasteiger partial charge in [-0.15, -0.1) is 10.2 Å². The zero-order valence-electron chi connectivity index (χ0n) is 14.8. The highest BCUT2D eigenvalue weighted by Crippen LogP contribution is 2.24. The maximum Gasteiger partial charge on any atom is 0.230 e. The molecule has 26 heavy (non-hydrogen) atoms. The molecule has 3 heterocycles. The normalized spacial score (nSPS) is 11.0. The molecule has 0 radical (unpaired) electrons. The molecule has 0 unspecified atom stereocenters. The number of carbonyl (C=O) groups excluding carboxylic acids is 1. The summed E-state index contributed by atoms with van der Waals surface area (Å²) in [5.74, 6) is 2.18. The van der Waals surface area contributed by atoms with Crippen LogP contribution in [0.15, 0.2) is 52.5 Å². The van der Waals surface area contributed by atoms with Crippen molar-refractivity contribution in [1.29, 1.82) is 0 Å². The van der Waals surface area contributed by atoms with Gasteiger partial charge in [0.25, 0.3) is 0 Å². The fourth-order valence-corrected chi connectivity index (χ4v) is 3.07. The van der Waals surface area contributed by atoms with E-state index in [-0.39, 0.29) is 11.7 Å². The number of aromatic nitrogens is 4. The topological polar surface area (TPSA) is 85.8 Å². The minimum atomic E-state index is -0.0147. The van der Waals surface area contributed by atoms with Crippen molar-refractivity contribution in [2.24, 2.45) is 5.92 Å². The van der Waals surface area contributed by atoms with Crippen molar-refractivity contribution in [3.05, 3.63) is 48.7 Å². The van der Waals surface area contributed by atoms with Gasteiger partial charge in [0, 0.05) is 24.5 Å². The highest BCUT2D eigenvalue weighted by Gasteiger charge is 2.17. The molecule has 3 aromatic heterocycles. The first kappa shape index (κ1) is 18.2. The second-order valence-corrected chi connectivity index (χ2v) is 7.14. The fraction of sp³-hybridized carbons (Fsp3) is 0.333. The Bertz CT molecular complexity index is 831. The van der Waals surface area contributed by atoms with Crippen LogP contribution in [-0.2, 0) is 11.3 Å². The van der Waals surface area contributed by atoms with Crippen LogP contribution in [0.4, 0.5) is 0 Å². The number of furan rings is 1. The van der Waals surface area contributed by atoms with Gasteiger partial charge in [-0.1, -0.05) is 25.6 Å². The van der Waals surface area contributed by atoms with Crippen LogP contribution in [0.3, 0.4) is 0 Å². The number of nitrogens with one attached hydrogen (secondary N) is 1. The lowest BCUT2D eigenvalue weighted by atomic mass is 10.2. The van der Waals surface area contributed by atoms with Crippen LogP contribution in [0.2, 0.25) is 0 Å². The van der Waals surface area contributed by atoms with Crippen LogP contribution in [0.5, 0.6) is 0 Å². The van der Waals surface area contributed by atoms with Crippen LogP contribution in [0.25, 0.3) is 11.4 Å². The Morgan fingerprint density at radius 3 is 2.88 bits per heavy atom. The van der Waals surface area contributed by atoms with E-state index in [1.807, 2.05) is 28.8 Å². The van der Waals surface area contributed by atoms with Crippen molar-refractivity contribution in [3.8, 4) is 11.4 Å². The maximum atomic E-state index is 12.0. The van der Waals surface area contributed by atoms with Crippen molar-refractivity contribution >= 4 is 17.7 Å². The molecule has 136 valence electrons. The SMILES string of the molecule is CC(C)CNC(=O)CSc1nnc(-c2cccnc2)n1Cc1ccco1. The van der Waals surface area contributed by atoms with Gasteiger partial charge in [-0.05, 0) is 30.2 Å². The van der Waals surface area contributed by atoms with Gasteiger partial charge < -0.3 is 9.73 Å². The number of hydrogen-bond donors (Lipinski definition) is 1. The van der Waals surface area contributed by atoms with E-state index < -0.39 is 0 Å². The number of rotatable bonds is 8. The molecule has 8 heteroatoms. The molecule has 0 spiro atoms. The van der Waals surface area contributed by atoms with Crippen molar-refractivity contribution < 1.29 is 9.21 Å². The molecule has 1 N–H and O–H groups in total. The summed E-state index contributed by atoms with van der Waals surface area (Å²) in [5, 5.41) is 12.1. The third-order valence-electron chi connectivity index (χ3n) is 3.57. The van der Waals surface area contributed by atoms with Crippen molar-refractivity contribution in [2.75, 3.05) is 12.3 Å². The van der Waals surface area contributed by atoms with Gasteiger partial charge in [-0.25, -0.2) is 0 Å². The molecule has 0 saturated carbocycles. The maximum absolute atomic E-state index is 12.0. The molecule has 0 saturated heterocycles. The Labute approximate surface area is 156 Å². The highest BCUT2D eigenvalue weighted by molar-refractivity contribution is 7.99. The van der Waals surface area contributed by atoms with E-state index in [9.17, 15) is 4.79 Å². The summed E-state index contributed by atoms with van der Waals surface area (Å²) in [5.41, 5.74) is 0.864. The molecule has 7 nitrogen and oxygen atoms in total. The summed E-state index contributed by atoms with van der Waals surface area (Å²) in [6, 6.07) is 7.53. The Kier molecular flexibility index (Phi) is 6.06. The molecule has 0 aliphatic heterocycles. The van der Waals surface area contributed by atoms with Gasteiger partial charge in [0.15, 0.2) is 11.0 Å². The molecule has 0 bridgehead atoms. The van der Waals surface area contributed by atoms with E-state index in [0.717, 1.165) is 11.3 Å². The van der Waals surface area contributed by atoms with E-state index in [2.05, 4.69) is 34.3 Å². The first-order valence-electron chi connectivity index (χ1n) is 8.39. The van der Waals surface area contributed by atoms with E-state index >= 15 is 0 Å². The first-order valence-corrected chi connectivity index (χ1v) is 9.37. The third-order valence-corrected chi connectivity index (χ3v) is 4.54. The van der Waals surface area contributed by atoms with Gasteiger partial charge in [-0.2, -0.15) is 0 Å². The lowest BCUT2D eigenvalue weighted by Crippen LogP contribution is -2.28. The molecule has 0 aromatic carbocycles. The van der Waals surface area contributed by atoms with Crippen molar-refractivity contribution in [3.63, 3.8) is 0 Å². The van der Waals surface area contributed by atoms with E-state index in [0.29, 0.717) is 30.0 Å². The zero-order valence-corrected chi connectivity index (χ0v) is 15.6. The largest absolute Gasteiger partial charge is 0.467 e.